The van der Waals surface area contributed by atoms with Crippen molar-refractivity contribution in [3.05, 3.63) is 41.2 Å². The Kier molecular flexibility index (Phi) is 9.05. The molecular formula is C30H37F4N5O4. The SMILES string of the molecule is C[C@@H]1CN(c2cc(F)c(C3=CCN(C(=O)OC(C)(C)C)CC3)cc2NC(=O)C2C=NC(=O)C=C2C(F)(F)F)C[C@H](C)N1C. The van der Waals surface area contributed by atoms with E-state index < -0.39 is 47.0 Å². The predicted octanol–water partition coefficient (Wildman–Crippen LogP) is 5.03. The number of nitrogens with zero attached hydrogens (tertiary/aromatic N) is 4. The lowest BCUT2D eigenvalue weighted by Crippen LogP contribution is -2.55. The summed E-state index contributed by atoms with van der Waals surface area (Å²) >= 11 is 0. The van der Waals surface area contributed by atoms with Crippen molar-refractivity contribution in [1.82, 2.24) is 9.80 Å². The van der Waals surface area contributed by atoms with Gasteiger partial charge in [0.1, 0.15) is 17.3 Å². The fraction of sp³-hybridized carbons (Fsp3) is 0.533. The van der Waals surface area contributed by atoms with Gasteiger partial charge in [-0.2, -0.15) is 13.2 Å². The van der Waals surface area contributed by atoms with Crippen LogP contribution in [-0.4, -0.2) is 91.0 Å². The third-order valence-electron chi connectivity index (χ3n) is 7.83. The van der Waals surface area contributed by atoms with E-state index in [-0.39, 0.29) is 36.4 Å². The first-order chi connectivity index (χ1) is 19.9. The number of hydrogen-bond acceptors (Lipinski definition) is 6. The van der Waals surface area contributed by atoms with E-state index in [2.05, 4.69) is 15.2 Å². The lowest BCUT2D eigenvalue weighted by Gasteiger charge is -2.44. The van der Waals surface area contributed by atoms with Crippen LogP contribution < -0.4 is 10.2 Å². The molecule has 3 aliphatic rings. The summed E-state index contributed by atoms with van der Waals surface area (Å²) in [6.45, 7) is 10.7. The van der Waals surface area contributed by atoms with Crippen LogP contribution in [0.1, 0.15) is 46.6 Å². The van der Waals surface area contributed by atoms with Gasteiger partial charge in [0, 0.05) is 56.1 Å². The molecule has 3 atom stereocenters. The van der Waals surface area contributed by atoms with Gasteiger partial charge in [0.15, 0.2) is 0 Å². The van der Waals surface area contributed by atoms with Gasteiger partial charge in [0.2, 0.25) is 5.91 Å². The van der Waals surface area contributed by atoms with Gasteiger partial charge in [-0.25, -0.2) is 14.2 Å². The van der Waals surface area contributed by atoms with Gasteiger partial charge in [-0.15, -0.1) is 0 Å². The van der Waals surface area contributed by atoms with Crippen molar-refractivity contribution in [1.29, 1.82) is 0 Å². The van der Waals surface area contributed by atoms with Crippen molar-refractivity contribution >= 4 is 41.1 Å². The fourth-order valence-corrected chi connectivity index (χ4v) is 5.34. The van der Waals surface area contributed by atoms with Gasteiger partial charge in [-0.05, 0) is 65.8 Å². The number of dihydropyridines is 1. The number of benzene rings is 1. The number of carbonyl (C=O) groups is 3. The van der Waals surface area contributed by atoms with Crippen molar-refractivity contribution < 1.29 is 36.7 Å². The highest BCUT2D eigenvalue weighted by molar-refractivity contribution is 6.11. The lowest BCUT2D eigenvalue weighted by molar-refractivity contribution is -0.124. The number of piperazine rings is 1. The van der Waals surface area contributed by atoms with E-state index in [4.69, 9.17) is 4.74 Å². The molecule has 1 N–H and O–H groups in total. The molecule has 234 valence electrons. The first kappa shape index (κ1) is 32.2. The Morgan fingerprint density at radius 1 is 1.09 bits per heavy atom. The van der Waals surface area contributed by atoms with Crippen LogP contribution in [0.5, 0.6) is 0 Å². The van der Waals surface area contributed by atoms with Crippen molar-refractivity contribution in [2.45, 2.75) is 64.9 Å². The van der Waals surface area contributed by atoms with E-state index >= 15 is 4.39 Å². The fourth-order valence-electron chi connectivity index (χ4n) is 5.34. The molecule has 0 aromatic heterocycles. The number of carbonyl (C=O) groups excluding carboxylic acids is 3. The van der Waals surface area contributed by atoms with Crippen LogP contribution in [-0.2, 0) is 14.3 Å². The molecule has 0 aliphatic carbocycles. The van der Waals surface area contributed by atoms with Gasteiger partial charge >= 0.3 is 12.3 Å². The van der Waals surface area contributed by atoms with Gasteiger partial charge in [-0.3, -0.25) is 14.5 Å². The number of anilines is 2. The second-order valence-electron chi connectivity index (χ2n) is 12.2. The molecule has 3 amide bonds. The maximum atomic E-state index is 15.8. The van der Waals surface area contributed by atoms with E-state index in [1.165, 1.54) is 17.0 Å². The van der Waals surface area contributed by atoms with Crippen LogP contribution in [0, 0.1) is 11.7 Å². The van der Waals surface area contributed by atoms with Crippen LogP contribution in [0.2, 0.25) is 0 Å². The van der Waals surface area contributed by atoms with Gasteiger partial charge < -0.3 is 19.9 Å². The Hall–Kier alpha value is -3.74. The summed E-state index contributed by atoms with van der Waals surface area (Å²) in [6, 6.07) is 2.86. The van der Waals surface area contributed by atoms with Gasteiger partial charge in [0.25, 0.3) is 5.91 Å². The minimum atomic E-state index is -4.93. The summed E-state index contributed by atoms with van der Waals surface area (Å²) in [6.07, 6.45) is -2.44. The minimum Gasteiger partial charge on any atom is -0.444 e. The van der Waals surface area contributed by atoms with Crippen molar-refractivity contribution in [3.8, 4) is 0 Å². The third-order valence-corrected chi connectivity index (χ3v) is 7.83. The number of likely N-dealkylation sites (N-methyl/N-ethyl adjacent to an activating group) is 1. The van der Waals surface area contributed by atoms with Crippen LogP contribution in [0.15, 0.2) is 34.9 Å². The number of hydrogen-bond donors (Lipinski definition) is 1. The first-order valence-corrected chi connectivity index (χ1v) is 14.1. The highest BCUT2D eigenvalue weighted by atomic mass is 19.4. The second kappa shape index (κ2) is 12.1. The zero-order valence-corrected chi connectivity index (χ0v) is 25.1. The number of ether oxygens (including phenoxy) is 1. The maximum absolute atomic E-state index is 15.8. The molecule has 0 bridgehead atoms. The quantitative estimate of drug-likeness (QED) is 0.483. The number of nitrogens with one attached hydrogen (secondary N) is 1. The molecule has 4 rings (SSSR count). The molecule has 13 heteroatoms. The van der Waals surface area contributed by atoms with Gasteiger partial charge in [-0.1, -0.05) is 6.08 Å². The van der Waals surface area contributed by atoms with Crippen LogP contribution >= 0.6 is 0 Å². The average molecular weight is 608 g/mol. The topological polar surface area (TPSA) is 94.5 Å². The normalized spacial score (nSPS) is 23.6. The summed E-state index contributed by atoms with van der Waals surface area (Å²) in [5.74, 6) is -4.58. The number of amides is 3. The largest absolute Gasteiger partial charge is 0.444 e. The summed E-state index contributed by atoms with van der Waals surface area (Å²) in [4.78, 5) is 46.3. The standard InChI is InChI=1S/C30H37F4N5O4/c1-17-15-39(16-18(2)37(17)6)25-13-23(31)20(19-7-9-38(10-8-19)28(42)43-29(3,4)5)11-24(25)36-27(41)21-14-35-26(40)12-22(21)30(32,33)34/h7,11-14,17-18,21H,8-10,15-16H2,1-6H3,(H,36,41)/t17-,18+,21?. The molecule has 3 aliphatic heterocycles. The average Bonchev–Trinajstić information content (AvgIpc) is 2.90. The summed E-state index contributed by atoms with van der Waals surface area (Å²) in [5, 5.41) is 2.58. The lowest BCUT2D eigenvalue weighted by atomic mass is 9.95. The van der Waals surface area contributed by atoms with Crippen LogP contribution in [0.4, 0.5) is 33.7 Å². The minimum absolute atomic E-state index is 0.0752. The van der Waals surface area contributed by atoms with Crippen LogP contribution in [0.25, 0.3) is 5.57 Å². The molecule has 0 spiro atoms. The summed E-state index contributed by atoms with van der Waals surface area (Å²) < 4.78 is 62.4. The molecule has 1 unspecified atom stereocenters. The maximum Gasteiger partial charge on any atom is 0.414 e. The second-order valence-corrected chi connectivity index (χ2v) is 12.2. The Morgan fingerprint density at radius 3 is 2.30 bits per heavy atom. The van der Waals surface area contributed by atoms with Crippen LogP contribution in [0.3, 0.4) is 0 Å². The molecule has 0 saturated carbocycles. The first-order valence-electron chi connectivity index (χ1n) is 14.1. The predicted molar refractivity (Wildman–Crippen MR) is 155 cm³/mol. The van der Waals surface area contributed by atoms with E-state index in [9.17, 15) is 27.6 Å². The van der Waals surface area contributed by atoms with E-state index in [0.29, 0.717) is 43.1 Å². The van der Waals surface area contributed by atoms with Gasteiger partial charge in [0.05, 0.1) is 16.9 Å². The van der Waals surface area contributed by atoms with E-state index in [1.807, 2.05) is 25.8 Å². The van der Waals surface area contributed by atoms with Crippen molar-refractivity contribution in [2.24, 2.45) is 10.9 Å². The summed E-state index contributed by atoms with van der Waals surface area (Å²) in [5.41, 5.74) is -0.793. The molecule has 43 heavy (non-hydrogen) atoms. The molecule has 9 nitrogen and oxygen atoms in total. The van der Waals surface area contributed by atoms with Crippen molar-refractivity contribution in [2.75, 3.05) is 43.4 Å². The Balaban J connectivity index is 1.69. The number of alkyl halides is 3. The number of rotatable bonds is 4. The molecule has 1 fully saturated rings. The highest BCUT2D eigenvalue weighted by Gasteiger charge is 2.43. The molecule has 1 aromatic carbocycles. The number of halogens is 4. The zero-order chi connectivity index (χ0) is 31.9. The molecule has 0 radical (unpaired) electrons. The molecule has 1 saturated heterocycles. The Labute approximate surface area is 248 Å². The van der Waals surface area contributed by atoms with Crippen molar-refractivity contribution in [3.63, 3.8) is 0 Å². The number of aliphatic imine (C=N–C) groups is 1. The monoisotopic (exact) mass is 607 g/mol. The summed E-state index contributed by atoms with van der Waals surface area (Å²) in [7, 11) is 1.98. The van der Waals surface area contributed by atoms with E-state index in [0.717, 1.165) is 0 Å². The Bertz CT molecular complexity index is 1370. The van der Waals surface area contributed by atoms with E-state index in [1.54, 1.807) is 26.8 Å². The molecule has 1 aromatic rings. The highest BCUT2D eigenvalue weighted by Crippen LogP contribution is 2.38. The smallest absolute Gasteiger partial charge is 0.414 e. The molecular weight excluding hydrogens is 570 g/mol. The molecule has 3 heterocycles. The Morgan fingerprint density at radius 2 is 1.74 bits per heavy atom. The zero-order valence-electron chi connectivity index (χ0n) is 25.1. The third kappa shape index (κ3) is 7.43.